The summed E-state index contributed by atoms with van der Waals surface area (Å²) in [6, 6.07) is 1.93. The Hall–Kier alpha value is -1.82. The number of nitrogens with zero attached hydrogens (tertiary/aromatic N) is 1. The Labute approximate surface area is 102 Å². The van der Waals surface area contributed by atoms with Crippen LogP contribution in [-0.2, 0) is 9.53 Å². The summed E-state index contributed by atoms with van der Waals surface area (Å²) in [4.78, 5) is 11.5. The third-order valence-electron chi connectivity index (χ3n) is 2.59. The Bertz CT molecular complexity index is 410. The topological polar surface area (TPSA) is 50.1 Å². The van der Waals surface area contributed by atoms with Crippen LogP contribution in [0.4, 0.5) is 0 Å². The molecule has 1 radical (unpaired) electrons. The molecule has 0 aromatic rings. The molecule has 17 heavy (non-hydrogen) atoms. The van der Waals surface area contributed by atoms with E-state index in [2.05, 4.69) is 13.0 Å². The van der Waals surface area contributed by atoms with Crippen molar-refractivity contribution in [2.24, 2.45) is 0 Å². The van der Waals surface area contributed by atoms with E-state index in [-0.39, 0.29) is 19.0 Å². The van der Waals surface area contributed by atoms with Crippen LogP contribution in [-0.4, -0.2) is 12.6 Å². The fourth-order valence-electron chi connectivity index (χ4n) is 1.73. The zero-order valence-corrected chi connectivity index (χ0v) is 10.0. The molecule has 0 aliphatic heterocycles. The maximum absolute atomic E-state index is 11.5. The number of allylic oxidation sites excluding steroid dienone is 4. The second kappa shape index (κ2) is 6.70. The molecule has 1 aliphatic carbocycles. The fraction of sp³-hybridized carbons (Fsp3) is 0.357. The monoisotopic (exact) mass is 230 g/mol. The lowest BCUT2D eigenvalue weighted by Crippen LogP contribution is -2.03. The van der Waals surface area contributed by atoms with Crippen LogP contribution in [0.2, 0.25) is 0 Å². The highest BCUT2D eigenvalue weighted by molar-refractivity contribution is 5.84. The van der Waals surface area contributed by atoms with Gasteiger partial charge in [0.2, 0.25) is 0 Å². The van der Waals surface area contributed by atoms with Crippen molar-refractivity contribution in [1.82, 2.24) is 0 Å². The first-order valence-electron chi connectivity index (χ1n) is 5.57. The van der Waals surface area contributed by atoms with Crippen LogP contribution in [0.25, 0.3) is 0 Å². The van der Waals surface area contributed by atoms with Gasteiger partial charge in [0.05, 0.1) is 12.5 Å². The minimum absolute atomic E-state index is 0.155. The van der Waals surface area contributed by atoms with Crippen LogP contribution in [0.1, 0.15) is 26.2 Å². The average Bonchev–Trinajstić information content (AvgIpc) is 2.62. The van der Waals surface area contributed by atoms with Crippen LogP contribution < -0.4 is 0 Å². The van der Waals surface area contributed by atoms with Crippen LogP contribution >= 0.6 is 0 Å². The third-order valence-corrected chi connectivity index (χ3v) is 2.59. The van der Waals surface area contributed by atoms with Gasteiger partial charge in [0, 0.05) is 6.08 Å². The summed E-state index contributed by atoms with van der Waals surface area (Å²) in [7, 11) is 0. The summed E-state index contributed by atoms with van der Waals surface area (Å²) < 4.78 is 4.91. The van der Waals surface area contributed by atoms with Gasteiger partial charge in [-0.15, -0.1) is 6.58 Å². The summed E-state index contributed by atoms with van der Waals surface area (Å²) >= 11 is 0. The van der Waals surface area contributed by atoms with E-state index in [0.717, 1.165) is 24.0 Å². The zero-order valence-electron chi connectivity index (χ0n) is 10.0. The Balaban J connectivity index is 2.63. The van der Waals surface area contributed by atoms with E-state index in [1.54, 1.807) is 0 Å². The smallest absolute Gasteiger partial charge is 0.331 e. The Kier molecular flexibility index (Phi) is 5.22. The normalized spacial score (nSPS) is 17.1. The Morgan fingerprint density at radius 2 is 2.47 bits per heavy atom. The van der Waals surface area contributed by atoms with Gasteiger partial charge in [-0.25, -0.2) is 4.79 Å². The lowest BCUT2D eigenvalue weighted by molar-refractivity contribution is -0.137. The minimum atomic E-state index is -0.375. The van der Waals surface area contributed by atoms with Gasteiger partial charge in [-0.2, -0.15) is 5.26 Å². The number of esters is 1. The van der Waals surface area contributed by atoms with Gasteiger partial charge in [-0.3, -0.25) is 0 Å². The molecule has 0 bridgehead atoms. The minimum Gasteiger partial charge on any atom is -0.461 e. The summed E-state index contributed by atoms with van der Waals surface area (Å²) in [6.45, 7) is 5.89. The quantitative estimate of drug-likeness (QED) is 0.316. The maximum atomic E-state index is 11.5. The molecule has 3 heteroatoms. The highest BCUT2D eigenvalue weighted by Crippen LogP contribution is 2.32. The SMILES string of the molecule is C=CCC1=C(C)[CH]CC1=CC(=O)OCCC#N. The van der Waals surface area contributed by atoms with Gasteiger partial charge in [-0.1, -0.05) is 11.6 Å². The van der Waals surface area contributed by atoms with Crippen molar-refractivity contribution < 1.29 is 9.53 Å². The highest BCUT2D eigenvalue weighted by atomic mass is 16.5. The number of rotatable bonds is 5. The molecule has 0 atom stereocenters. The van der Waals surface area contributed by atoms with Crippen molar-refractivity contribution in [1.29, 1.82) is 5.26 Å². The van der Waals surface area contributed by atoms with E-state index in [9.17, 15) is 4.79 Å². The zero-order chi connectivity index (χ0) is 12.7. The third kappa shape index (κ3) is 3.92. The van der Waals surface area contributed by atoms with Crippen LogP contribution in [0.5, 0.6) is 0 Å². The van der Waals surface area contributed by atoms with Crippen LogP contribution in [0, 0.1) is 17.8 Å². The average molecular weight is 230 g/mol. The largest absolute Gasteiger partial charge is 0.461 e. The van der Waals surface area contributed by atoms with Gasteiger partial charge in [0.25, 0.3) is 0 Å². The molecule has 1 rings (SSSR count). The molecule has 0 amide bonds. The first-order chi connectivity index (χ1) is 8.19. The predicted molar refractivity (Wildman–Crippen MR) is 65.7 cm³/mol. The number of hydrogen-bond donors (Lipinski definition) is 0. The van der Waals surface area contributed by atoms with Crippen molar-refractivity contribution in [2.75, 3.05) is 6.61 Å². The molecule has 0 saturated heterocycles. The van der Waals surface area contributed by atoms with E-state index < -0.39 is 0 Å². The van der Waals surface area contributed by atoms with E-state index in [1.807, 2.05) is 19.1 Å². The second-order valence-corrected chi connectivity index (χ2v) is 3.81. The number of nitriles is 1. The van der Waals surface area contributed by atoms with E-state index in [1.165, 1.54) is 11.6 Å². The molecule has 0 aromatic carbocycles. The molecule has 0 fully saturated rings. The summed E-state index contributed by atoms with van der Waals surface area (Å²) in [6.07, 6.45) is 7.20. The van der Waals surface area contributed by atoms with Crippen molar-refractivity contribution in [3.05, 3.63) is 41.9 Å². The maximum Gasteiger partial charge on any atom is 0.331 e. The fourth-order valence-corrected chi connectivity index (χ4v) is 1.73. The lowest BCUT2D eigenvalue weighted by Gasteiger charge is -2.04. The molecule has 0 N–H and O–H groups in total. The molecule has 0 spiro atoms. The molecular formula is C14H16NO2. The lowest BCUT2D eigenvalue weighted by atomic mass is 10.0. The summed E-state index contributed by atoms with van der Waals surface area (Å²) in [5, 5.41) is 8.33. The standard InChI is InChI=1S/C14H16NO2/c1-3-5-13-11(2)6-7-12(13)10-14(16)17-9-4-8-15/h3,6,10H,1,4-5,7,9H2,2H3. The Morgan fingerprint density at radius 1 is 1.71 bits per heavy atom. The van der Waals surface area contributed by atoms with Gasteiger partial charge >= 0.3 is 5.97 Å². The first-order valence-corrected chi connectivity index (χ1v) is 5.57. The van der Waals surface area contributed by atoms with Crippen LogP contribution in [0.15, 0.2) is 35.5 Å². The molecule has 0 saturated carbocycles. The molecule has 3 nitrogen and oxygen atoms in total. The van der Waals surface area contributed by atoms with Gasteiger partial charge in [0.15, 0.2) is 0 Å². The van der Waals surface area contributed by atoms with Gasteiger partial charge in [0.1, 0.15) is 6.61 Å². The molecule has 0 unspecified atom stereocenters. The first kappa shape index (κ1) is 13.2. The summed E-state index contributed by atoms with van der Waals surface area (Å²) in [5.74, 6) is -0.375. The van der Waals surface area contributed by atoms with Crippen LogP contribution in [0.3, 0.4) is 0 Å². The number of ether oxygens (including phenoxy) is 1. The summed E-state index contributed by atoms with van der Waals surface area (Å²) in [5.41, 5.74) is 3.34. The number of hydrogen-bond acceptors (Lipinski definition) is 3. The molecule has 89 valence electrons. The molecule has 0 aromatic heterocycles. The van der Waals surface area contributed by atoms with Crippen molar-refractivity contribution in [3.8, 4) is 6.07 Å². The molecular weight excluding hydrogens is 214 g/mol. The van der Waals surface area contributed by atoms with E-state index >= 15 is 0 Å². The van der Waals surface area contributed by atoms with E-state index in [4.69, 9.17) is 10.00 Å². The predicted octanol–water partition coefficient (Wildman–Crippen LogP) is 2.87. The number of carbonyl (C=O) groups excluding carboxylic acids is 1. The highest BCUT2D eigenvalue weighted by Gasteiger charge is 2.17. The van der Waals surface area contributed by atoms with Crippen molar-refractivity contribution in [3.63, 3.8) is 0 Å². The molecule has 1 aliphatic rings. The van der Waals surface area contributed by atoms with E-state index in [0.29, 0.717) is 0 Å². The van der Waals surface area contributed by atoms with Gasteiger partial charge < -0.3 is 4.74 Å². The van der Waals surface area contributed by atoms with Gasteiger partial charge in [-0.05, 0) is 37.3 Å². The Morgan fingerprint density at radius 3 is 3.12 bits per heavy atom. The second-order valence-electron chi connectivity index (χ2n) is 3.81. The van der Waals surface area contributed by atoms with Crippen molar-refractivity contribution >= 4 is 5.97 Å². The molecule has 0 heterocycles. The number of carbonyl (C=O) groups is 1. The van der Waals surface area contributed by atoms with Crippen molar-refractivity contribution in [2.45, 2.75) is 26.2 Å².